The third-order valence-corrected chi connectivity index (χ3v) is 4.14. The molecule has 4 N–H and O–H groups in total. The summed E-state index contributed by atoms with van der Waals surface area (Å²) in [4.78, 5) is 12.1. The van der Waals surface area contributed by atoms with Crippen LogP contribution in [0, 0.1) is 5.92 Å². The molecule has 3 aromatic heterocycles. The molecule has 0 radical (unpaired) electrons. The van der Waals surface area contributed by atoms with Crippen LogP contribution in [-0.2, 0) is 0 Å². The van der Waals surface area contributed by atoms with Crippen LogP contribution in [0.3, 0.4) is 0 Å². The number of aliphatic hydroxyl groups excluding tert-OH is 1. The van der Waals surface area contributed by atoms with Crippen molar-refractivity contribution in [2.75, 3.05) is 23.8 Å². The molecule has 9 nitrogen and oxygen atoms in total. The van der Waals surface area contributed by atoms with E-state index in [0.717, 1.165) is 29.3 Å². The number of H-pyrrole nitrogens is 1. The van der Waals surface area contributed by atoms with Crippen molar-refractivity contribution in [3.8, 4) is 0 Å². The molecule has 0 spiro atoms. The van der Waals surface area contributed by atoms with Crippen molar-refractivity contribution < 1.29 is 5.11 Å². The molecule has 1 atom stereocenters. The number of hydrogen-bond acceptors (Lipinski definition) is 7. The molecular formula is C15H20N8O. The number of fused-ring (bicyclic) bond motifs is 1. The van der Waals surface area contributed by atoms with Crippen LogP contribution in [0.25, 0.3) is 11.0 Å². The van der Waals surface area contributed by atoms with Crippen molar-refractivity contribution in [1.29, 1.82) is 0 Å². The summed E-state index contributed by atoms with van der Waals surface area (Å²) in [7, 11) is 0. The highest BCUT2D eigenvalue weighted by Crippen LogP contribution is 2.30. The Hall–Kier alpha value is -2.68. The second-order valence-corrected chi connectivity index (χ2v) is 6.20. The molecule has 0 saturated heterocycles. The first-order valence-electron chi connectivity index (χ1n) is 8.11. The zero-order valence-electron chi connectivity index (χ0n) is 13.4. The molecule has 1 aliphatic carbocycles. The summed E-state index contributed by atoms with van der Waals surface area (Å²) < 4.78 is 1.60. The fourth-order valence-electron chi connectivity index (χ4n) is 2.44. The predicted molar refractivity (Wildman–Crippen MR) is 90.2 cm³/mol. The summed E-state index contributed by atoms with van der Waals surface area (Å²) in [6.45, 7) is 2.80. The monoisotopic (exact) mass is 328 g/mol. The quantitative estimate of drug-likeness (QED) is 0.521. The Morgan fingerprint density at radius 2 is 2.29 bits per heavy atom. The Labute approximate surface area is 138 Å². The normalized spacial score (nSPS) is 15.6. The lowest BCUT2D eigenvalue weighted by molar-refractivity contribution is 0.228. The Morgan fingerprint density at radius 1 is 1.42 bits per heavy atom. The van der Waals surface area contributed by atoms with Gasteiger partial charge in [-0.3, -0.25) is 0 Å². The van der Waals surface area contributed by atoms with Crippen LogP contribution in [0.5, 0.6) is 0 Å². The van der Waals surface area contributed by atoms with Gasteiger partial charge in [0.25, 0.3) is 0 Å². The van der Waals surface area contributed by atoms with Gasteiger partial charge in [-0.25, -0.2) is 4.68 Å². The first-order valence-corrected chi connectivity index (χ1v) is 8.11. The van der Waals surface area contributed by atoms with Crippen LogP contribution in [0.2, 0.25) is 0 Å². The number of rotatable bonds is 7. The topological polar surface area (TPSA) is 117 Å². The summed E-state index contributed by atoms with van der Waals surface area (Å²) in [5.74, 6) is 2.55. The van der Waals surface area contributed by atoms with E-state index < -0.39 is 0 Å². The van der Waals surface area contributed by atoms with E-state index in [4.69, 9.17) is 0 Å². The number of nitrogens with zero attached hydrogens (tertiary/aromatic N) is 5. The molecule has 4 rings (SSSR count). The summed E-state index contributed by atoms with van der Waals surface area (Å²) in [6, 6.07) is 1.84. The number of aromatic amines is 1. The predicted octanol–water partition coefficient (Wildman–Crippen LogP) is 1.67. The van der Waals surface area contributed by atoms with E-state index in [1.165, 1.54) is 12.8 Å². The number of nitrogens with one attached hydrogen (secondary N) is 3. The van der Waals surface area contributed by atoms with Crippen LogP contribution >= 0.6 is 0 Å². The van der Waals surface area contributed by atoms with Gasteiger partial charge in [0.1, 0.15) is 11.5 Å². The molecule has 0 bridgehead atoms. The highest BCUT2D eigenvalue weighted by Gasteiger charge is 2.21. The van der Waals surface area contributed by atoms with Gasteiger partial charge in [-0.1, -0.05) is 5.21 Å². The lowest BCUT2D eigenvalue weighted by Crippen LogP contribution is -2.09. The fraction of sp³-hybridized carbons (Fsp3) is 0.467. The maximum Gasteiger partial charge on any atom is 0.232 e. The molecule has 0 unspecified atom stereocenters. The largest absolute Gasteiger partial charge is 0.394 e. The van der Waals surface area contributed by atoms with Gasteiger partial charge < -0.3 is 20.7 Å². The minimum absolute atomic E-state index is 0.00295. The van der Waals surface area contributed by atoms with Crippen LogP contribution in [-0.4, -0.2) is 48.2 Å². The lowest BCUT2D eigenvalue weighted by atomic mass is 10.3. The maximum absolute atomic E-state index is 9.18. The number of aromatic nitrogens is 6. The Kier molecular flexibility index (Phi) is 3.77. The molecule has 1 aliphatic rings. The van der Waals surface area contributed by atoms with Crippen LogP contribution in [0.15, 0.2) is 18.5 Å². The molecule has 0 aliphatic heterocycles. The summed E-state index contributed by atoms with van der Waals surface area (Å²) in [5.41, 5.74) is 0.766. The Balaban J connectivity index is 1.57. The molecule has 1 fully saturated rings. The number of hydrogen-bond donors (Lipinski definition) is 4. The molecule has 24 heavy (non-hydrogen) atoms. The van der Waals surface area contributed by atoms with Crippen molar-refractivity contribution in [2.45, 2.75) is 25.8 Å². The van der Waals surface area contributed by atoms with Crippen molar-refractivity contribution in [2.24, 2.45) is 5.92 Å². The van der Waals surface area contributed by atoms with E-state index in [9.17, 15) is 5.11 Å². The van der Waals surface area contributed by atoms with Gasteiger partial charge in [-0.15, -0.1) is 5.10 Å². The Morgan fingerprint density at radius 3 is 3.08 bits per heavy atom. The van der Waals surface area contributed by atoms with Crippen molar-refractivity contribution >= 4 is 28.6 Å². The van der Waals surface area contributed by atoms with E-state index in [1.54, 1.807) is 10.9 Å². The van der Waals surface area contributed by atoms with E-state index in [2.05, 4.69) is 35.9 Å². The molecule has 0 aromatic carbocycles. The summed E-state index contributed by atoms with van der Waals surface area (Å²) in [5, 5.41) is 24.7. The first-order chi connectivity index (χ1) is 11.7. The Bertz CT molecular complexity index is 837. The molecule has 9 heteroatoms. The first kappa shape index (κ1) is 14.9. The summed E-state index contributed by atoms with van der Waals surface area (Å²) in [6.07, 6.45) is 6.14. The SMILES string of the molecule is C[C@H](CO)n1cc(Nc2nc(NCC3CC3)c3cc[nH]c3n2)nn1. The average Bonchev–Trinajstić information content (AvgIpc) is 3.09. The second kappa shape index (κ2) is 6.08. The van der Waals surface area contributed by atoms with E-state index in [0.29, 0.717) is 11.8 Å². The molecule has 1 saturated carbocycles. The molecule has 3 heterocycles. The van der Waals surface area contributed by atoms with Crippen molar-refractivity contribution in [1.82, 2.24) is 29.9 Å². The van der Waals surface area contributed by atoms with Gasteiger partial charge in [-0.2, -0.15) is 9.97 Å². The van der Waals surface area contributed by atoms with Crippen LogP contribution in [0.4, 0.5) is 17.6 Å². The number of anilines is 3. The smallest absolute Gasteiger partial charge is 0.232 e. The van der Waals surface area contributed by atoms with E-state index >= 15 is 0 Å². The van der Waals surface area contributed by atoms with Gasteiger partial charge >= 0.3 is 0 Å². The maximum atomic E-state index is 9.18. The molecule has 0 amide bonds. The lowest BCUT2D eigenvalue weighted by Gasteiger charge is -2.08. The van der Waals surface area contributed by atoms with E-state index in [-0.39, 0.29) is 12.6 Å². The van der Waals surface area contributed by atoms with Gasteiger partial charge in [0, 0.05) is 12.7 Å². The van der Waals surface area contributed by atoms with Crippen molar-refractivity contribution in [3.05, 3.63) is 18.5 Å². The minimum Gasteiger partial charge on any atom is -0.394 e. The summed E-state index contributed by atoms with van der Waals surface area (Å²) >= 11 is 0. The molecular weight excluding hydrogens is 308 g/mol. The third kappa shape index (κ3) is 3.02. The zero-order valence-corrected chi connectivity index (χ0v) is 13.4. The highest BCUT2D eigenvalue weighted by atomic mass is 16.3. The van der Waals surface area contributed by atoms with Gasteiger partial charge in [-0.05, 0) is 31.7 Å². The molecule has 3 aromatic rings. The van der Waals surface area contributed by atoms with Crippen LogP contribution in [0.1, 0.15) is 25.8 Å². The van der Waals surface area contributed by atoms with Gasteiger partial charge in [0.2, 0.25) is 5.95 Å². The average molecular weight is 328 g/mol. The van der Waals surface area contributed by atoms with Gasteiger partial charge in [0.05, 0.1) is 24.2 Å². The standard InChI is InChI=1S/C15H20N8O/c1-9(8-24)23-7-12(21-22-23)18-15-19-13-11(4-5-16-13)14(20-15)17-6-10-2-3-10/h4-5,7,9-10,24H,2-3,6,8H2,1H3,(H3,16,17,18,19,20)/t9-/m1/s1. The fourth-order valence-corrected chi connectivity index (χ4v) is 2.44. The van der Waals surface area contributed by atoms with E-state index in [1.807, 2.05) is 19.2 Å². The van der Waals surface area contributed by atoms with Gasteiger partial charge in [0.15, 0.2) is 5.82 Å². The number of aliphatic hydroxyl groups is 1. The molecule has 126 valence electrons. The zero-order chi connectivity index (χ0) is 16.5. The minimum atomic E-state index is -0.129. The third-order valence-electron chi connectivity index (χ3n) is 4.14. The second-order valence-electron chi connectivity index (χ2n) is 6.20. The highest BCUT2D eigenvalue weighted by molar-refractivity contribution is 5.88. The van der Waals surface area contributed by atoms with Crippen LogP contribution < -0.4 is 10.6 Å². The van der Waals surface area contributed by atoms with Crippen molar-refractivity contribution in [3.63, 3.8) is 0 Å².